The van der Waals surface area contributed by atoms with Crippen LogP contribution in [-0.2, 0) is 25.5 Å². The first-order chi connectivity index (χ1) is 21.2. The summed E-state index contributed by atoms with van der Waals surface area (Å²) >= 11 is 0. The number of aliphatic hydroxyl groups excluding tert-OH is 2. The summed E-state index contributed by atoms with van der Waals surface area (Å²) < 4.78 is 5.05. The first kappa shape index (κ1) is 34.9. The predicted octanol–water partition coefficient (Wildman–Crippen LogP) is 5.63. The molecule has 0 amide bonds. The number of esters is 1. The molecule has 238 valence electrons. The normalized spacial score (nSPS) is 21.9. The molecule has 0 bridgehead atoms. The summed E-state index contributed by atoms with van der Waals surface area (Å²) in [4.78, 5) is 49.6. The molecule has 0 spiro atoms. The van der Waals surface area contributed by atoms with Crippen LogP contribution in [0.25, 0.3) is 5.57 Å². The maximum Gasteiger partial charge on any atom is 0.305 e. The van der Waals surface area contributed by atoms with Crippen LogP contribution in [0.3, 0.4) is 0 Å². The van der Waals surface area contributed by atoms with Crippen molar-refractivity contribution in [2.45, 2.75) is 78.1 Å². The molecule has 3 N–H and O–H groups in total. The van der Waals surface area contributed by atoms with Gasteiger partial charge in [0.1, 0.15) is 17.3 Å². The van der Waals surface area contributed by atoms with Crippen molar-refractivity contribution in [2.75, 3.05) is 19.8 Å². The van der Waals surface area contributed by atoms with Crippen molar-refractivity contribution in [2.24, 2.45) is 17.8 Å². The lowest BCUT2D eigenvalue weighted by molar-refractivity contribution is -0.143. The number of ether oxygens (including phenoxy) is 1. The first-order valence-electron chi connectivity index (χ1n) is 15.7. The summed E-state index contributed by atoms with van der Waals surface area (Å²) in [5.41, 5.74) is 4.11. The van der Waals surface area contributed by atoms with Gasteiger partial charge in [-0.3, -0.25) is 19.2 Å². The van der Waals surface area contributed by atoms with Crippen molar-refractivity contribution >= 4 is 28.9 Å². The van der Waals surface area contributed by atoms with Gasteiger partial charge in [-0.1, -0.05) is 48.1 Å². The van der Waals surface area contributed by atoms with E-state index in [1.165, 1.54) is 6.92 Å². The predicted molar refractivity (Wildman–Crippen MR) is 169 cm³/mol. The van der Waals surface area contributed by atoms with Crippen LogP contribution in [0, 0.1) is 17.8 Å². The minimum Gasteiger partial charge on any atom is -0.507 e. The molecule has 1 aromatic rings. The van der Waals surface area contributed by atoms with E-state index < -0.39 is 12.5 Å². The molecule has 8 nitrogen and oxygen atoms in total. The number of phenols is 1. The number of allylic oxidation sites excluding steroid dienone is 8. The standard InChI is InChI=1S/C36H46O8/c1-3-44-35(43)12-8-10-25-9-6-4-5-7-11-27(14-13-25)29-15-16-32(40)36-30(29)21-26(22-34(36)42)20-28(17-18-37)31(23-38)33(41)19-24(2)39/h4-7,13-16,26,28,31,37-38,40H,3,8-12,17-23H2,1-2H3/b6-4-,7-5-,25-13+,27-14+. The van der Waals surface area contributed by atoms with Crippen LogP contribution in [0.1, 0.15) is 93.1 Å². The van der Waals surface area contributed by atoms with Gasteiger partial charge in [0, 0.05) is 25.4 Å². The molecular formula is C36H46O8. The molecule has 0 aromatic heterocycles. The van der Waals surface area contributed by atoms with Gasteiger partial charge < -0.3 is 20.1 Å². The molecule has 1 aromatic carbocycles. The van der Waals surface area contributed by atoms with E-state index in [0.29, 0.717) is 44.3 Å². The van der Waals surface area contributed by atoms with Gasteiger partial charge in [-0.05, 0) is 93.4 Å². The van der Waals surface area contributed by atoms with Gasteiger partial charge in [0.25, 0.3) is 0 Å². The van der Waals surface area contributed by atoms with Crippen LogP contribution in [0.2, 0.25) is 0 Å². The van der Waals surface area contributed by atoms with Gasteiger partial charge in [-0.15, -0.1) is 0 Å². The molecule has 2 aliphatic rings. The number of Topliss-reactive ketones (excluding diaryl/α,β-unsaturated/α-hetero) is 3. The molecule has 2 aliphatic carbocycles. The van der Waals surface area contributed by atoms with E-state index in [4.69, 9.17) is 4.74 Å². The number of rotatable bonds is 15. The van der Waals surface area contributed by atoms with E-state index in [9.17, 15) is 34.5 Å². The number of ketones is 3. The summed E-state index contributed by atoms with van der Waals surface area (Å²) in [6.07, 6.45) is 16.5. The summed E-state index contributed by atoms with van der Waals surface area (Å²) in [6, 6.07) is 3.41. The number of fused-ring (bicyclic) bond motifs is 1. The van der Waals surface area contributed by atoms with E-state index in [-0.39, 0.29) is 66.8 Å². The number of hydrogen-bond donors (Lipinski definition) is 3. The van der Waals surface area contributed by atoms with Crippen LogP contribution in [-0.4, -0.2) is 58.5 Å². The Bertz CT molecular complexity index is 1320. The highest BCUT2D eigenvalue weighted by molar-refractivity contribution is 6.02. The number of carbonyl (C=O) groups excluding carboxylic acids is 4. The molecule has 3 unspecified atom stereocenters. The zero-order valence-electron chi connectivity index (χ0n) is 25.9. The molecule has 8 heteroatoms. The van der Waals surface area contributed by atoms with Crippen molar-refractivity contribution < 1.29 is 39.2 Å². The van der Waals surface area contributed by atoms with E-state index >= 15 is 0 Å². The molecule has 0 radical (unpaired) electrons. The monoisotopic (exact) mass is 606 g/mol. The van der Waals surface area contributed by atoms with Gasteiger partial charge in [0.05, 0.1) is 25.2 Å². The lowest BCUT2D eigenvalue weighted by atomic mass is 9.72. The third-order valence-electron chi connectivity index (χ3n) is 8.43. The summed E-state index contributed by atoms with van der Waals surface area (Å²) in [5, 5.41) is 30.5. The average Bonchev–Trinajstić information content (AvgIpc) is 2.96. The first-order valence-corrected chi connectivity index (χ1v) is 15.7. The van der Waals surface area contributed by atoms with Crippen molar-refractivity contribution in [1.82, 2.24) is 0 Å². The minimum absolute atomic E-state index is 0.0573. The number of aliphatic hydroxyl groups is 2. The molecule has 0 saturated heterocycles. The summed E-state index contributed by atoms with van der Waals surface area (Å²) in [6.45, 7) is 2.88. The van der Waals surface area contributed by atoms with E-state index in [2.05, 4.69) is 18.2 Å². The Kier molecular flexibility index (Phi) is 14.0. The fraction of sp³-hybridized carbons (Fsp3) is 0.500. The molecule has 0 saturated carbocycles. The van der Waals surface area contributed by atoms with Gasteiger partial charge >= 0.3 is 5.97 Å². The maximum absolute atomic E-state index is 13.4. The van der Waals surface area contributed by atoms with Crippen molar-refractivity contribution in [1.29, 1.82) is 0 Å². The van der Waals surface area contributed by atoms with Crippen molar-refractivity contribution in [3.63, 3.8) is 0 Å². The summed E-state index contributed by atoms with van der Waals surface area (Å²) in [7, 11) is 0. The van der Waals surface area contributed by atoms with E-state index in [1.54, 1.807) is 13.0 Å². The number of benzene rings is 1. The van der Waals surface area contributed by atoms with Crippen LogP contribution in [0.4, 0.5) is 0 Å². The number of aromatic hydroxyl groups is 1. The minimum atomic E-state index is -0.794. The second-order valence-corrected chi connectivity index (χ2v) is 11.8. The van der Waals surface area contributed by atoms with Gasteiger partial charge in [-0.2, -0.15) is 0 Å². The Morgan fingerprint density at radius 3 is 2.48 bits per heavy atom. The number of carbonyl (C=O) groups is 4. The van der Waals surface area contributed by atoms with E-state index in [0.717, 1.165) is 35.1 Å². The molecule has 44 heavy (non-hydrogen) atoms. The molecule has 3 atom stereocenters. The largest absolute Gasteiger partial charge is 0.507 e. The molecule has 3 rings (SSSR count). The van der Waals surface area contributed by atoms with Crippen molar-refractivity contribution in [3.8, 4) is 5.75 Å². The highest BCUT2D eigenvalue weighted by Crippen LogP contribution is 2.40. The fourth-order valence-electron chi connectivity index (χ4n) is 6.32. The molecule has 0 heterocycles. The third-order valence-corrected chi connectivity index (χ3v) is 8.43. The maximum atomic E-state index is 13.4. The van der Waals surface area contributed by atoms with Crippen LogP contribution < -0.4 is 0 Å². The Labute approximate surface area is 260 Å². The summed E-state index contributed by atoms with van der Waals surface area (Å²) in [5.74, 6) is -2.42. The van der Waals surface area contributed by atoms with Crippen LogP contribution >= 0.6 is 0 Å². The van der Waals surface area contributed by atoms with Crippen LogP contribution in [0.15, 0.2) is 54.2 Å². The molecule has 0 fully saturated rings. The van der Waals surface area contributed by atoms with Crippen molar-refractivity contribution in [3.05, 3.63) is 70.9 Å². The smallest absolute Gasteiger partial charge is 0.305 e. The quantitative estimate of drug-likeness (QED) is 0.172. The second kappa shape index (κ2) is 17.6. The molecule has 0 aliphatic heterocycles. The average molecular weight is 607 g/mol. The van der Waals surface area contributed by atoms with Gasteiger partial charge in [-0.25, -0.2) is 0 Å². The van der Waals surface area contributed by atoms with Gasteiger partial charge in [0.15, 0.2) is 5.78 Å². The Balaban J connectivity index is 1.92. The SMILES string of the molecule is CCOC(=O)CCC/C1=C/C=C(/c2ccc(O)c3c2CC(CC(CCO)C(CO)C(=O)CC(C)=O)CC3=O)C/C=C\C=C/C1. The lowest BCUT2D eigenvalue weighted by Crippen LogP contribution is -2.32. The van der Waals surface area contributed by atoms with Gasteiger partial charge in [0.2, 0.25) is 0 Å². The highest BCUT2D eigenvalue weighted by atomic mass is 16.5. The van der Waals surface area contributed by atoms with Crippen LogP contribution in [0.5, 0.6) is 5.75 Å². The lowest BCUT2D eigenvalue weighted by Gasteiger charge is -2.32. The number of phenolic OH excluding ortho intramolecular Hbond substituents is 1. The Hall–Kier alpha value is -3.62. The Morgan fingerprint density at radius 1 is 1.05 bits per heavy atom. The van der Waals surface area contributed by atoms with E-state index in [1.807, 2.05) is 24.3 Å². The highest BCUT2D eigenvalue weighted by Gasteiger charge is 2.35. The molecular weight excluding hydrogens is 560 g/mol. The Morgan fingerprint density at radius 2 is 1.80 bits per heavy atom. The zero-order valence-corrected chi connectivity index (χ0v) is 25.9. The number of hydrogen-bond acceptors (Lipinski definition) is 8. The zero-order chi connectivity index (χ0) is 32.1. The second-order valence-electron chi connectivity index (χ2n) is 11.8. The third kappa shape index (κ3) is 9.96. The topological polar surface area (TPSA) is 138 Å². The fourth-order valence-corrected chi connectivity index (χ4v) is 6.32.